The zero-order chi connectivity index (χ0) is 15.7. The third kappa shape index (κ3) is 2.91. The molecule has 7 heteroatoms. The van der Waals surface area contributed by atoms with Gasteiger partial charge in [0.1, 0.15) is 5.82 Å². The fourth-order valence-corrected chi connectivity index (χ4v) is 3.55. The highest BCUT2D eigenvalue weighted by Crippen LogP contribution is 2.48. The lowest BCUT2D eigenvalue weighted by Crippen LogP contribution is -2.46. The number of thiophene rings is 1. The van der Waals surface area contributed by atoms with Crippen molar-refractivity contribution in [2.45, 2.75) is 18.3 Å². The van der Waals surface area contributed by atoms with Crippen molar-refractivity contribution in [3.63, 3.8) is 0 Å². The summed E-state index contributed by atoms with van der Waals surface area (Å²) in [5, 5.41) is 0. The van der Waals surface area contributed by atoms with Gasteiger partial charge < -0.3 is 0 Å². The standard InChI is InChI=1S/C15H12BrFN2O2S/c16-12-6-5-11(22-12)13(20)18-19-14(21)15(7-8-15)9-1-3-10(17)4-2-9/h1-6H,7-8H2,(H,18,20)(H,19,21). The summed E-state index contributed by atoms with van der Waals surface area (Å²) in [6.45, 7) is 0. The Hall–Kier alpha value is -1.73. The molecule has 4 nitrogen and oxygen atoms in total. The molecule has 2 aromatic rings. The van der Waals surface area contributed by atoms with Crippen LogP contribution in [0.1, 0.15) is 28.1 Å². The molecular formula is C15H12BrFN2O2S. The molecule has 0 bridgehead atoms. The molecule has 1 aliphatic carbocycles. The zero-order valence-corrected chi connectivity index (χ0v) is 13.8. The van der Waals surface area contributed by atoms with E-state index in [4.69, 9.17) is 0 Å². The molecule has 1 aliphatic rings. The van der Waals surface area contributed by atoms with Crippen LogP contribution in [0.5, 0.6) is 0 Å². The van der Waals surface area contributed by atoms with Crippen LogP contribution in [0.25, 0.3) is 0 Å². The lowest BCUT2D eigenvalue weighted by Gasteiger charge is -2.16. The van der Waals surface area contributed by atoms with Crippen molar-refractivity contribution < 1.29 is 14.0 Å². The fourth-order valence-electron chi connectivity index (χ4n) is 2.27. The number of carbonyl (C=O) groups is 2. The van der Waals surface area contributed by atoms with Gasteiger partial charge in [0, 0.05) is 0 Å². The van der Waals surface area contributed by atoms with E-state index in [1.54, 1.807) is 24.3 Å². The minimum Gasteiger partial charge on any atom is -0.272 e. The highest BCUT2D eigenvalue weighted by atomic mass is 79.9. The van der Waals surface area contributed by atoms with Gasteiger partial charge in [0.05, 0.1) is 14.1 Å². The number of hydrogen-bond donors (Lipinski definition) is 2. The summed E-state index contributed by atoms with van der Waals surface area (Å²) in [6.07, 6.45) is 1.37. The monoisotopic (exact) mass is 382 g/mol. The Morgan fingerprint density at radius 1 is 1.09 bits per heavy atom. The summed E-state index contributed by atoms with van der Waals surface area (Å²) >= 11 is 4.56. The first-order valence-electron chi connectivity index (χ1n) is 6.63. The number of halogens is 2. The predicted molar refractivity (Wildman–Crippen MR) is 84.9 cm³/mol. The molecule has 1 fully saturated rings. The molecule has 22 heavy (non-hydrogen) atoms. The van der Waals surface area contributed by atoms with Crippen molar-refractivity contribution >= 4 is 39.1 Å². The van der Waals surface area contributed by atoms with E-state index in [-0.39, 0.29) is 17.6 Å². The van der Waals surface area contributed by atoms with Gasteiger partial charge in [0.25, 0.3) is 5.91 Å². The highest BCUT2D eigenvalue weighted by Gasteiger charge is 2.51. The Balaban J connectivity index is 1.64. The van der Waals surface area contributed by atoms with E-state index in [0.29, 0.717) is 17.7 Å². The van der Waals surface area contributed by atoms with Crippen LogP contribution in [-0.4, -0.2) is 11.8 Å². The molecule has 2 N–H and O–H groups in total. The molecule has 2 amide bonds. The van der Waals surface area contributed by atoms with Gasteiger partial charge in [-0.3, -0.25) is 20.4 Å². The third-order valence-corrected chi connectivity index (χ3v) is 5.29. The summed E-state index contributed by atoms with van der Waals surface area (Å²) in [5.41, 5.74) is 4.99. The second-order valence-corrected chi connectivity index (χ2v) is 7.56. The topological polar surface area (TPSA) is 58.2 Å². The van der Waals surface area contributed by atoms with Crippen molar-refractivity contribution in [2.24, 2.45) is 0 Å². The second-order valence-electron chi connectivity index (χ2n) is 5.10. The molecule has 0 saturated heterocycles. The molecule has 0 atom stereocenters. The van der Waals surface area contributed by atoms with Crippen LogP contribution >= 0.6 is 27.3 Å². The minimum atomic E-state index is -0.656. The summed E-state index contributed by atoms with van der Waals surface area (Å²) < 4.78 is 13.8. The molecule has 114 valence electrons. The van der Waals surface area contributed by atoms with E-state index < -0.39 is 5.41 Å². The molecular weight excluding hydrogens is 371 g/mol. The van der Waals surface area contributed by atoms with E-state index in [2.05, 4.69) is 26.8 Å². The number of benzene rings is 1. The number of rotatable bonds is 3. The van der Waals surface area contributed by atoms with Gasteiger partial charge in [-0.1, -0.05) is 12.1 Å². The SMILES string of the molecule is O=C(NNC(=O)C1(c2ccc(F)cc2)CC1)c1ccc(Br)s1. The smallest absolute Gasteiger partial charge is 0.272 e. The first-order valence-corrected chi connectivity index (χ1v) is 8.24. The molecule has 1 heterocycles. The Bertz CT molecular complexity index is 725. The van der Waals surface area contributed by atoms with E-state index in [1.165, 1.54) is 23.5 Å². The quantitative estimate of drug-likeness (QED) is 0.801. The third-order valence-electron chi connectivity index (χ3n) is 3.67. The number of carbonyl (C=O) groups excluding carboxylic acids is 2. The van der Waals surface area contributed by atoms with Gasteiger partial charge in [0.15, 0.2) is 0 Å². The largest absolute Gasteiger partial charge is 0.279 e. The maximum Gasteiger partial charge on any atom is 0.279 e. The maximum absolute atomic E-state index is 13.0. The lowest BCUT2D eigenvalue weighted by atomic mass is 9.95. The van der Waals surface area contributed by atoms with E-state index in [1.807, 2.05) is 0 Å². The van der Waals surface area contributed by atoms with Crippen LogP contribution in [0, 0.1) is 5.82 Å². The van der Waals surface area contributed by atoms with Crippen molar-refractivity contribution in [1.82, 2.24) is 10.9 Å². The summed E-state index contributed by atoms with van der Waals surface area (Å²) in [7, 11) is 0. The number of nitrogens with one attached hydrogen (secondary N) is 2. The second kappa shape index (κ2) is 5.81. The summed E-state index contributed by atoms with van der Waals surface area (Å²) in [5.74, 6) is -0.974. The Morgan fingerprint density at radius 3 is 2.32 bits per heavy atom. The Kier molecular flexibility index (Phi) is 4.01. The van der Waals surface area contributed by atoms with Crippen LogP contribution in [-0.2, 0) is 10.2 Å². The van der Waals surface area contributed by atoms with Crippen molar-refractivity contribution in [1.29, 1.82) is 0 Å². The Labute approximate surface area is 138 Å². The predicted octanol–water partition coefficient (Wildman–Crippen LogP) is 3.14. The minimum absolute atomic E-state index is 0.275. The van der Waals surface area contributed by atoms with Crippen molar-refractivity contribution in [3.8, 4) is 0 Å². The van der Waals surface area contributed by atoms with Gasteiger partial charge in [0.2, 0.25) is 5.91 Å². The molecule has 0 spiro atoms. The van der Waals surface area contributed by atoms with E-state index in [9.17, 15) is 14.0 Å². The van der Waals surface area contributed by atoms with Crippen molar-refractivity contribution in [2.75, 3.05) is 0 Å². The normalized spacial score (nSPS) is 15.2. The van der Waals surface area contributed by atoms with Gasteiger partial charge in [-0.15, -0.1) is 11.3 Å². The van der Waals surface area contributed by atoms with E-state index >= 15 is 0 Å². The van der Waals surface area contributed by atoms with Gasteiger partial charge in [-0.05, 0) is 58.6 Å². The van der Waals surface area contributed by atoms with Gasteiger partial charge >= 0.3 is 0 Å². The average Bonchev–Trinajstić information content (AvgIpc) is 3.21. The lowest BCUT2D eigenvalue weighted by molar-refractivity contribution is -0.124. The molecule has 0 aliphatic heterocycles. The first-order chi connectivity index (χ1) is 10.5. The van der Waals surface area contributed by atoms with Crippen LogP contribution < -0.4 is 10.9 Å². The summed E-state index contributed by atoms with van der Waals surface area (Å²) in [4.78, 5) is 24.7. The van der Waals surface area contributed by atoms with Crippen molar-refractivity contribution in [3.05, 3.63) is 56.4 Å². The van der Waals surface area contributed by atoms with Gasteiger partial charge in [-0.2, -0.15) is 0 Å². The molecule has 1 aromatic heterocycles. The summed E-state index contributed by atoms with van der Waals surface area (Å²) in [6, 6.07) is 9.33. The number of amides is 2. The maximum atomic E-state index is 13.0. The van der Waals surface area contributed by atoms with Crippen LogP contribution in [0.15, 0.2) is 40.2 Å². The fraction of sp³-hybridized carbons (Fsp3) is 0.200. The molecule has 0 unspecified atom stereocenters. The zero-order valence-electron chi connectivity index (χ0n) is 11.4. The molecule has 0 radical (unpaired) electrons. The van der Waals surface area contributed by atoms with Crippen LogP contribution in [0.2, 0.25) is 0 Å². The van der Waals surface area contributed by atoms with Gasteiger partial charge in [-0.25, -0.2) is 4.39 Å². The first kappa shape index (κ1) is 15.2. The number of hydrogen-bond acceptors (Lipinski definition) is 3. The highest BCUT2D eigenvalue weighted by molar-refractivity contribution is 9.11. The molecule has 3 rings (SSSR count). The average molecular weight is 383 g/mol. The number of hydrazine groups is 1. The van der Waals surface area contributed by atoms with Crippen LogP contribution in [0.4, 0.5) is 4.39 Å². The van der Waals surface area contributed by atoms with Crippen LogP contribution in [0.3, 0.4) is 0 Å². The molecule has 1 saturated carbocycles. The Morgan fingerprint density at radius 2 is 1.77 bits per heavy atom. The molecule has 1 aromatic carbocycles. The van der Waals surface area contributed by atoms with E-state index in [0.717, 1.165) is 9.35 Å².